The molecular weight excluding hydrogens is 296 g/mol. The molecule has 0 bridgehead atoms. The summed E-state index contributed by atoms with van der Waals surface area (Å²) >= 11 is 0. The predicted octanol–water partition coefficient (Wildman–Crippen LogP) is -2.22. The third kappa shape index (κ3) is 721. The van der Waals surface area contributed by atoms with Gasteiger partial charge in [-0.05, 0) is 0 Å². The van der Waals surface area contributed by atoms with Gasteiger partial charge in [0.2, 0.25) is 0 Å². The summed E-state index contributed by atoms with van der Waals surface area (Å²) < 4.78 is 0. The Bertz CT molecular complexity index is 322. The van der Waals surface area contributed by atoms with Gasteiger partial charge in [0.1, 0.15) is 0 Å². The highest BCUT2D eigenvalue weighted by atomic mass is 16.2. The minimum atomic E-state index is -0.833. The van der Waals surface area contributed by atoms with Gasteiger partial charge in [-0.2, -0.15) is 0 Å². The van der Waals surface area contributed by atoms with Gasteiger partial charge < -0.3 is 45.9 Å². The summed E-state index contributed by atoms with van der Waals surface area (Å²) in [5.74, 6) is 0. The summed E-state index contributed by atoms with van der Waals surface area (Å²) in [6, 6.07) is 8.67. The van der Waals surface area contributed by atoms with Gasteiger partial charge in [0.25, 0.3) is 0 Å². The zero-order valence-electron chi connectivity index (χ0n) is 11.7. The molecule has 12 heteroatoms. The molecule has 22 heavy (non-hydrogen) atoms. The lowest BCUT2D eigenvalue weighted by molar-refractivity contribution is 0.255. The molecule has 0 heterocycles. The number of carbonyl (C=O) groups excluding carboxylic acids is 4. The molecule has 1 aromatic rings. The fourth-order valence-corrected chi connectivity index (χ4v) is 0.385. The molecule has 16 N–H and O–H groups in total. The number of carbonyl (C=O) groups is 4. The third-order valence-corrected chi connectivity index (χ3v) is 0.667. The van der Waals surface area contributed by atoms with Crippen LogP contribution in [0.1, 0.15) is 0 Å². The predicted molar refractivity (Wildman–Crippen MR) is 81.5 cm³/mol. The maximum absolute atomic E-state index is 9.00. The average Bonchev–Trinajstić information content (AvgIpc) is 2.28. The molecule has 0 aliphatic carbocycles. The molecule has 0 fully saturated rings. The van der Waals surface area contributed by atoms with E-state index in [1.165, 1.54) is 0 Å². The van der Waals surface area contributed by atoms with Crippen molar-refractivity contribution >= 4 is 24.1 Å². The van der Waals surface area contributed by atoms with Crippen molar-refractivity contribution in [2.75, 3.05) is 0 Å². The monoisotopic (exact) mass is 318 g/mol. The molecule has 0 saturated heterocycles. The molecule has 1 aromatic carbocycles. The van der Waals surface area contributed by atoms with Gasteiger partial charge >= 0.3 is 24.1 Å². The van der Waals surface area contributed by atoms with Crippen LogP contribution in [0.25, 0.3) is 0 Å². The number of nitrogens with two attached hydrogens (primary N) is 8. The zero-order valence-corrected chi connectivity index (χ0v) is 11.7. The van der Waals surface area contributed by atoms with E-state index in [1.807, 2.05) is 36.4 Å². The summed E-state index contributed by atoms with van der Waals surface area (Å²) in [6.07, 6.45) is 0. The van der Waals surface area contributed by atoms with Crippen molar-refractivity contribution in [2.24, 2.45) is 45.9 Å². The summed E-state index contributed by atoms with van der Waals surface area (Å²) in [7, 11) is 0. The second-order valence-electron chi connectivity index (χ2n) is 2.76. The van der Waals surface area contributed by atoms with Crippen molar-refractivity contribution in [3.05, 3.63) is 36.4 Å². The Balaban J connectivity index is -0.0000000937. The summed E-state index contributed by atoms with van der Waals surface area (Å²) in [6.45, 7) is 0. The molecule has 0 saturated carbocycles. The Labute approximate surface area is 126 Å². The fraction of sp³-hybridized carbons (Fsp3) is 0. The van der Waals surface area contributed by atoms with Gasteiger partial charge in [0.15, 0.2) is 0 Å². The number of urea groups is 4. The van der Waals surface area contributed by atoms with Crippen molar-refractivity contribution in [3.8, 4) is 0 Å². The number of hydrogen-bond acceptors (Lipinski definition) is 4. The molecule has 0 atom stereocenters. The molecule has 126 valence electrons. The second-order valence-corrected chi connectivity index (χ2v) is 2.76. The topological polar surface area (TPSA) is 276 Å². The fourth-order valence-electron chi connectivity index (χ4n) is 0.385. The Morgan fingerprint density at radius 1 is 0.364 bits per heavy atom. The summed E-state index contributed by atoms with van der Waals surface area (Å²) in [5.41, 5.74) is 34.0. The van der Waals surface area contributed by atoms with Crippen LogP contribution < -0.4 is 45.9 Å². The van der Waals surface area contributed by atoms with Gasteiger partial charge in [0, 0.05) is 0 Å². The lowest BCUT2D eigenvalue weighted by Gasteiger charge is -1.69. The van der Waals surface area contributed by atoms with Gasteiger partial charge in [-0.25, -0.2) is 19.2 Å². The third-order valence-electron chi connectivity index (χ3n) is 0.667. The molecule has 0 unspecified atom stereocenters. The van der Waals surface area contributed by atoms with E-state index in [9.17, 15) is 0 Å². The smallest absolute Gasteiger partial charge is 0.309 e. The lowest BCUT2D eigenvalue weighted by Crippen LogP contribution is -2.18. The van der Waals surface area contributed by atoms with Crippen LogP contribution in [0.5, 0.6) is 0 Å². The molecular formula is C10H22N8O4. The first-order valence-corrected chi connectivity index (χ1v) is 5.13. The number of amides is 8. The summed E-state index contributed by atoms with van der Waals surface area (Å²) in [4.78, 5) is 36.0. The quantitative estimate of drug-likeness (QED) is 0.263. The SMILES string of the molecule is NC(N)=O.NC(N)=O.NC(N)=O.NC(N)=O.c1ccccc1. The van der Waals surface area contributed by atoms with Crippen molar-refractivity contribution < 1.29 is 19.2 Å². The summed E-state index contributed by atoms with van der Waals surface area (Å²) in [5, 5.41) is 0. The highest BCUT2D eigenvalue weighted by Gasteiger charge is 1.62. The molecule has 0 aromatic heterocycles. The van der Waals surface area contributed by atoms with Gasteiger partial charge in [-0.3, -0.25) is 0 Å². The molecule has 0 spiro atoms. The largest absolute Gasteiger partial charge is 0.352 e. The second kappa shape index (κ2) is 22.5. The molecule has 12 nitrogen and oxygen atoms in total. The zero-order chi connectivity index (χ0) is 18.6. The molecule has 1 rings (SSSR count). The molecule has 8 amide bonds. The normalized spacial score (nSPS) is 6.55. The Kier molecular flexibility index (Phi) is 27.4. The van der Waals surface area contributed by atoms with Crippen molar-refractivity contribution in [2.45, 2.75) is 0 Å². The first-order chi connectivity index (χ1) is 9.93. The molecule has 0 aliphatic rings. The maximum atomic E-state index is 9.00. The van der Waals surface area contributed by atoms with Crippen molar-refractivity contribution in [1.29, 1.82) is 0 Å². The lowest BCUT2D eigenvalue weighted by atomic mass is 10.4. The van der Waals surface area contributed by atoms with E-state index in [-0.39, 0.29) is 0 Å². The highest BCUT2D eigenvalue weighted by Crippen LogP contribution is 1.79. The van der Waals surface area contributed by atoms with Crippen LogP contribution in [0, 0.1) is 0 Å². The van der Waals surface area contributed by atoms with Crippen LogP contribution in [0.15, 0.2) is 36.4 Å². The number of benzene rings is 1. The van der Waals surface area contributed by atoms with Crippen LogP contribution in [0.3, 0.4) is 0 Å². The van der Waals surface area contributed by atoms with Crippen LogP contribution in [0.2, 0.25) is 0 Å². The number of rotatable bonds is 0. The van der Waals surface area contributed by atoms with Gasteiger partial charge in [-0.1, -0.05) is 36.4 Å². The highest BCUT2D eigenvalue weighted by molar-refractivity contribution is 5.69. The number of primary amides is 8. The maximum Gasteiger partial charge on any atom is 0.309 e. The standard InChI is InChI=1S/C6H6.4CH4N2O/c1-2-4-6-5-3-1;4*2-1(3)4/h1-6H;4*(H4,2,3,4). The van der Waals surface area contributed by atoms with Crippen molar-refractivity contribution in [3.63, 3.8) is 0 Å². The van der Waals surface area contributed by atoms with E-state index in [0.29, 0.717) is 0 Å². The first-order valence-electron chi connectivity index (χ1n) is 5.13. The molecule has 0 radical (unpaired) electrons. The first kappa shape index (κ1) is 26.8. The van der Waals surface area contributed by atoms with E-state index in [2.05, 4.69) is 45.9 Å². The van der Waals surface area contributed by atoms with E-state index in [0.717, 1.165) is 0 Å². The van der Waals surface area contributed by atoms with Crippen LogP contribution in [0.4, 0.5) is 19.2 Å². The van der Waals surface area contributed by atoms with E-state index in [4.69, 9.17) is 19.2 Å². The number of hydrogen-bond donors (Lipinski definition) is 8. The van der Waals surface area contributed by atoms with Crippen LogP contribution in [-0.4, -0.2) is 24.1 Å². The van der Waals surface area contributed by atoms with Gasteiger partial charge in [-0.15, -0.1) is 0 Å². The van der Waals surface area contributed by atoms with E-state index in [1.54, 1.807) is 0 Å². The minimum Gasteiger partial charge on any atom is -0.352 e. The average molecular weight is 318 g/mol. The van der Waals surface area contributed by atoms with Gasteiger partial charge in [0.05, 0.1) is 0 Å². The Hall–Kier alpha value is -3.70. The van der Waals surface area contributed by atoms with Crippen molar-refractivity contribution in [1.82, 2.24) is 0 Å². The Morgan fingerprint density at radius 3 is 0.455 bits per heavy atom. The van der Waals surface area contributed by atoms with E-state index >= 15 is 0 Å². The van der Waals surface area contributed by atoms with Crippen LogP contribution >= 0.6 is 0 Å². The van der Waals surface area contributed by atoms with E-state index < -0.39 is 24.1 Å². The van der Waals surface area contributed by atoms with Crippen LogP contribution in [-0.2, 0) is 0 Å². The molecule has 0 aliphatic heterocycles. The Morgan fingerprint density at radius 2 is 0.409 bits per heavy atom. The minimum absolute atomic E-state index is 0.833.